The van der Waals surface area contributed by atoms with Gasteiger partial charge in [0.25, 0.3) is 0 Å². The second kappa shape index (κ2) is 4.50. The number of ether oxygens (including phenoxy) is 1. The van der Waals surface area contributed by atoms with Crippen LogP contribution in [0.1, 0.15) is 0 Å². The Morgan fingerprint density at radius 3 is 2.67 bits per heavy atom. The van der Waals surface area contributed by atoms with Crippen LogP contribution >= 0.6 is 0 Å². The molecule has 0 saturated carbocycles. The Kier molecular flexibility index (Phi) is 4.12. The summed E-state index contributed by atoms with van der Waals surface area (Å²) in [5, 5.41) is 0. The Morgan fingerprint density at radius 2 is 2.50 bits per heavy atom. The molecule has 0 amide bonds. The summed E-state index contributed by atoms with van der Waals surface area (Å²) < 4.78 is 4.52. The average molecular weight is 87.1 g/mol. The summed E-state index contributed by atoms with van der Waals surface area (Å²) in [6, 6.07) is 0. The molecule has 0 aliphatic carbocycles. The predicted molar refractivity (Wildman–Crippen MR) is 25.2 cm³/mol. The summed E-state index contributed by atoms with van der Waals surface area (Å²) in [4.78, 5) is 0. The van der Waals surface area contributed by atoms with Crippen LogP contribution in [0.25, 0.3) is 0 Å². The maximum absolute atomic E-state index is 5.05. The molecule has 0 unspecified atom stereocenters. The van der Waals surface area contributed by atoms with Crippen LogP contribution in [0.4, 0.5) is 0 Å². The van der Waals surface area contributed by atoms with Gasteiger partial charge in [0.15, 0.2) is 0 Å². The van der Waals surface area contributed by atoms with E-state index in [2.05, 4.69) is 4.74 Å². The van der Waals surface area contributed by atoms with E-state index in [-0.39, 0.29) is 0 Å². The minimum absolute atomic E-state index is 0.549. The Bertz CT molecular complexity index is 36.8. The van der Waals surface area contributed by atoms with Crippen molar-refractivity contribution >= 4 is 0 Å². The molecule has 0 spiro atoms. The summed E-state index contributed by atoms with van der Waals surface area (Å²) in [6.45, 7) is 0.549. The van der Waals surface area contributed by atoms with Gasteiger partial charge in [0.05, 0.1) is 13.4 Å². The second-order valence-corrected chi connectivity index (χ2v) is 0.843. The molecule has 0 saturated heterocycles. The van der Waals surface area contributed by atoms with Gasteiger partial charge in [-0.2, -0.15) is 0 Å². The lowest BCUT2D eigenvalue weighted by Gasteiger charge is -1.80. The molecule has 2 nitrogen and oxygen atoms in total. The van der Waals surface area contributed by atoms with Gasteiger partial charge in [-0.05, 0) is 6.08 Å². The van der Waals surface area contributed by atoms with Crippen molar-refractivity contribution in [1.29, 1.82) is 0 Å². The Morgan fingerprint density at radius 1 is 1.83 bits per heavy atom. The zero-order valence-corrected chi connectivity index (χ0v) is 3.85. The molecule has 0 aliphatic heterocycles. The molecule has 0 aromatic carbocycles. The fraction of sp³-hybridized carbons (Fsp3) is 0.500. The highest BCUT2D eigenvalue weighted by atomic mass is 16.5. The molecule has 0 atom stereocenters. The standard InChI is InChI=1S/C4H9NO/c1-6-4-2-3-5/h2,4H,3,5H2,1H3/b4-2+. The fourth-order valence-electron chi connectivity index (χ4n) is 0.152. The first-order chi connectivity index (χ1) is 2.91. The second-order valence-electron chi connectivity index (χ2n) is 0.843. The van der Waals surface area contributed by atoms with Gasteiger partial charge in [0.2, 0.25) is 0 Å². The van der Waals surface area contributed by atoms with Gasteiger partial charge in [-0.15, -0.1) is 0 Å². The third-order valence-electron chi connectivity index (χ3n) is 0.368. The zero-order valence-electron chi connectivity index (χ0n) is 3.85. The highest BCUT2D eigenvalue weighted by Crippen LogP contribution is 1.64. The molecule has 2 N–H and O–H groups in total. The van der Waals surface area contributed by atoms with Gasteiger partial charge < -0.3 is 10.5 Å². The Balaban J connectivity index is 2.73. The predicted octanol–water partition coefficient (Wildman–Crippen LogP) is 0.105. The molecule has 6 heavy (non-hydrogen) atoms. The van der Waals surface area contributed by atoms with Crippen LogP contribution in [-0.2, 0) is 4.74 Å². The maximum Gasteiger partial charge on any atom is 0.0797 e. The molecular formula is C4H9NO. The highest BCUT2D eigenvalue weighted by Gasteiger charge is 1.57. The van der Waals surface area contributed by atoms with Gasteiger partial charge in [0.1, 0.15) is 0 Å². The molecule has 0 aromatic rings. The highest BCUT2D eigenvalue weighted by molar-refractivity contribution is 4.72. The summed E-state index contributed by atoms with van der Waals surface area (Å²) in [6.07, 6.45) is 3.29. The molecule has 0 heterocycles. The van der Waals surface area contributed by atoms with Crippen LogP contribution in [0, 0.1) is 0 Å². The maximum atomic E-state index is 5.05. The van der Waals surface area contributed by atoms with Crippen molar-refractivity contribution in [1.82, 2.24) is 0 Å². The van der Waals surface area contributed by atoms with Crippen LogP contribution < -0.4 is 5.73 Å². The van der Waals surface area contributed by atoms with Crippen molar-refractivity contribution in [2.75, 3.05) is 13.7 Å². The van der Waals surface area contributed by atoms with Crippen molar-refractivity contribution in [2.45, 2.75) is 0 Å². The van der Waals surface area contributed by atoms with Crippen LogP contribution in [-0.4, -0.2) is 13.7 Å². The minimum Gasteiger partial charge on any atom is -0.505 e. The van der Waals surface area contributed by atoms with E-state index < -0.39 is 0 Å². The van der Waals surface area contributed by atoms with Gasteiger partial charge in [-0.3, -0.25) is 0 Å². The topological polar surface area (TPSA) is 35.2 Å². The van der Waals surface area contributed by atoms with Crippen molar-refractivity contribution in [3.63, 3.8) is 0 Å². The Hall–Kier alpha value is -0.500. The molecule has 0 fully saturated rings. The van der Waals surface area contributed by atoms with Crippen molar-refractivity contribution < 1.29 is 4.74 Å². The third kappa shape index (κ3) is 3.50. The number of hydrogen-bond donors (Lipinski definition) is 1. The number of methoxy groups -OCH3 is 1. The first-order valence-corrected chi connectivity index (χ1v) is 1.79. The molecule has 0 rings (SSSR count). The zero-order chi connectivity index (χ0) is 4.83. The van der Waals surface area contributed by atoms with Gasteiger partial charge in [0, 0.05) is 6.54 Å². The number of hydrogen-bond acceptors (Lipinski definition) is 2. The first kappa shape index (κ1) is 5.50. The normalized spacial score (nSPS) is 9.67. The third-order valence-corrected chi connectivity index (χ3v) is 0.368. The lowest BCUT2D eigenvalue weighted by molar-refractivity contribution is 0.337. The lowest BCUT2D eigenvalue weighted by atomic mass is 10.6. The summed E-state index contributed by atoms with van der Waals surface area (Å²) in [7, 11) is 1.59. The number of nitrogens with two attached hydrogens (primary N) is 1. The van der Waals surface area contributed by atoms with E-state index in [1.165, 1.54) is 0 Å². The van der Waals surface area contributed by atoms with E-state index >= 15 is 0 Å². The van der Waals surface area contributed by atoms with E-state index in [9.17, 15) is 0 Å². The van der Waals surface area contributed by atoms with Crippen molar-refractivity contribution in [3.05, 3.63) is 12.3 Å². The largest absolute Gasteiger partial charge is 0.505 e. The van der Waals surface area contributed by atoms with E-state index in [0.717, 1.165) is 0 Å². The smallest absolute Gasteiger partial charge is 0.0797 e. The van der Waals surface area contributed by atoms with Crippen molar-refractivity contribution in [2.24, 2.45) is 5.73 Å². The summed E-state index contributed by atoms with van der Waals surface area (Å²) in [5.74, 6) is 0. The molecular weight excluding hydrogens is 78.0 g/mol. The first-order valence-electron chi connectivity index (χ1n) is 1.79. The average Bonchev–Trinajstić information content (AvgIpc) is 1.61. The minimum atomic E-state index is 0.549. The van der Waals surface area contributed by atoms with Gasteiger partial charge in [-0.25, -0.2) is 0 Å². The molecule has 0 bridgehead atoms. The number of rotatable bonds is 2. The van der Waals surface area contributed by atoms with Gasteiger partial charge >= 0.3 is 0 Å². The molecule has 36 valence electrons. The quantitative estimate of drug-likeness (QED) is 0.485. The Labute approximate surface area is 37.6 Å². The van der Waals surface area contributed by atoms with E-state index in [1.807, 2.05) is 0 Å². The molecule has 0 aromatic heterocycles. The van der Waals surface area contributed by atoms with Crippen LogP contribution in [0.2, 0.25) is 0 Å². The van der Waals surface area contributed by atoms with Gasteiger partial charge in [-0.1, -0.05) is 0 Å². The molecule has 0 radical (unpaired) electrons. The van der Waals surface area contributed by atoms with E-state index in [1.54, 1.807) is 19.4 Å². The van der Waals surface area contributed by atoms with Crippen LogP contribution in [0.5, 0.6) is 0 Å². The van der Waals surface area contributed by atoms with E-state index in [4.69, 9.17) is 5.73 Å². The monoisotopic (exact) mass is 87.1 g/mol. The summed E-state index contributed by atoms with van der Waals surface area (Å²) >= 11 is 0. The molecule has 2 heteroatoms. The van der Waals surface area contributed by atoms with Crippen LogP contribution in [0.15, 0.2) is 12.3 Å². The fourth-order valence-corrected chi connectivity index (χ4v) is 0.152. The summed E-state index contributed by atoms with van der Waals surface area (Å²) in [5.41, 5.74) is 5.05. The SMILES string of the molecule is CO/C=C/CN. The van der Waals surface area contributed by atoms with Crippen molar-refractivity contribution in [3.8, 4) is 0 Å². The molecule has 0 aliphatic rings. The van der Waals surface area contributed by atoms with Crippen LogP contribution in [0.3, 0.4) is 0 Å². The lowest BCUT2D eigenvalue weighted by Crippen LogP contribution is -1.91. The van der Waals surface area contributed by atoms with E-state index in [0.29, 0.717) is 6.54 Å².